The number of hydrogen-bond donors (Lipinski definition) is 0. The van der Waals surface area contributed by atoms with Crippen molar-refractivity contribution in [1.29, 1.82) is 0 Å². The van der Waals surface area contributed by atoms with Crippen molar-refractivity contribution in [2.24, 2.45) is 0 Å². The monoisotopic (exact) mass is 323 g/mol. The van der Waals surface area contributed by atoms with Crippen LogP contribution in [0.15, 0.2) is 16.6 Å². The standard InChI is InChI=1S/C8H7Br2NO3/c1-14-7-3-2-6(10)8(11(12)13)5(7)4-9/h2-3H,4H2,1H3. The summed E-state index contributed by atoms with van der Waals surface area (Å²) < 4.78 is 5.48. The number of nitro groups is 1. The molecule has 0 radical (unpaired) electrons. The van der Waals surface area contributed by atoms with Gasteiger partial charge in [0.15, 0.2) is 0 Å². The maximum atomic E-state index is 10.8. The summed E-state index contributed by atoms with van der Waals surface area (Å²) in [6.07, 6.45) is 0. The Morgan fingerprint density at radius 3 is 2.64 bits per heavy atom. The van der Waals surface area contributed by atoms with Crippen molar-refractivity contribution in [2.75, 3.05) is 7.11 Å². The lowest BCUT2D eigenvalue weighted by Gasteiger charge is -2.07. The maximum Gasteiger partial charge on any atom is 0.291 e. The second kappa shape index (κ2) is 4.75. The molecular formula is C8H7Br2NO3. The van der Waals surface area contributed by atoms with Gasteiger partial charge in [-0.15, -0.1) is 0 Å². The van der Waals surface area contributed by atoms with E-state index in [1.54, 1.807) is 12.1 Å². The lowest BCUT2D eigenvalue weighted by Crippen LogP contribution is -1.98. The van der Waals surface area contributed by atoms with Gasteiger partial charge in [0.05, 0.1) is 22.1 Å². The predicted molar refractivity (Wildman–Crippen MR) is 60.0 cm³/mol. The molecule has 1 aromatic rings. The van der Waals surface area contributed by atoms with E-state index < -0.39 is 4.92 Å². The fourth-order valence-corrected chi connectivity index (χ4v) is 2.17. The van der Waals surface area contributed by atoms with E-state index in [-0.39, 0.29) is 5.69 Å². The molecule has 0 saturated carbocycles. The summed E-state index contributed by atoms with van der Waals surface area (Å²) in [6, 6.07) is 3.29. The van der Waals surface area contributed by atoms with Crippen LogP contribution in [0, 0.1) is 10.1 Å². The van der Waals surface area contributed by atoms with E-state index >= 15 is 0 Å². The molecule has 0 unspecified atom stereocenters. The van der Waals surface area contributed by atoms with Crippen molar-refractivity contribution in [2.45, 2.75) is 5.33 Å². The summed E-state index contributed by atoms with van der Waals surface area (Å²) in [5.74, 6) is 0.511. The molecule has 0 bridgehead atoms. The number of ether oxygens (including phenoxy) is 1. The van der Waals surface area contributed by atoms with E-state index in [9.17, 15) is 10.1 Å². The molecule has 0 aliphatic carbocycles. The number of benzene rings is 1. The Bertz CT molecular complexity index is 368. The van der Waals surface area contributed by atoms with Gasteiger partial charge in [-0.05, 0) is 28.1 Å². The number of rotatable bonds is 3. The largest absolute Gasteiger partial charge is 0.496 e. The zero-order valence-corrected chi connectivity index (χ0v) is 10.5. The van der Waals surface area contributed by atoms with E-state index in [2.05, 4.69) is 31.9 Å². The number of nitro benzene ring substituents is 1. The molecule has 0 saturated heterocycles. The first-order chi connectivity index (χ1) is 6.61. The SMILES string of the molecule is COc1ccc(Br)c([N+](=O)[O-])c1CBr. The fourth-order valence-electron chi connectivity index (χ4n) is 1.11. The normalized spacial score (nSPS) is 9.93. The van der Waals surface area contributed by atoms with Crippen LogP contribution in [0.2, 0.25) is 0 Å². The summed E-state index contributed by atoms with van der Waals surface area (Å²) in [6.45, 7) is 0. The molecule has 1 rings (SSSR count). The minimum absolute atomic E-state index is 0.0428. The van der Waals surface area contributed by atoms with Gasteiger partial charge >= 0.3 is 0 Å². The van der Waals surface area contributed by atoms with Crippen LogP contribution in [-0.4, -0.2) is 12.0 Å². The highest BCUT2D eigenvalue weighted by atomic mass is 79.9. The summed E-state index contributed by atoms with van der Waals surface area (Å²) in [4.78, 5) is 10.3. The van der Waals surface area contributed by atoms with Crippen LogP contribution in [0.5, 0.6) is 5.75 Å². The van der Waals surface area contributed by atoms with Crippen LogP contribution in [0.25, 0.3) is 0 Å². The Balaban J connectivity index is 3.42. The Morgan fingerprint density at radius 2 is 2.21 bits per heavy atom. The fraction of sp³-hybridized carbons (Fsp3) is 0.250. The molecule has 0 fully saturated rings. The van der Waals surface area contributed by atoms with Gasteiger partial charge in [-0.1, -0.05) is 15.9 Å². The Morgan fingerprint density at radius 1 is 1.57 bits per heavy atom. The van der Waals surface area contributed by atoms with Gasteiger partial charge in [-0.25, -0.2) is 0 Å². The Kier molecular flexibility index (Phi) is 3.88. The Hall–Kier alpha value is -0.620. The van der Waals surface area contributed by atoms with Gasteiger partial charge < -0.3 is 4.74 Å². The summed E-state index contributed by atoms with van der Waals surface area (Å²) >= 11 is 6.33. The predicted octanol–water partition coefficient (Wildman–Crippen LogP) is 3.26. The number of alkyl halides is 1. The van der Waals surface area contributed by atoms with Crippen LogP contribution >= 0.6 is 31.9 Å². The third-order valence-electron chi connectivity index (χ3n) is 1.73. The molecule has 0 heterocycles. The molecule has 0 aliphatic rings. The van der Waals surface area contributed by atoms with Crippen molar-refractivity contribution < 1.29 is 9.66 Å². The maximum absolute atomic E-state index is 10.8. The summed E-state index contributed by atoms with van der Waals surface area (Å²) in [5, 5.41) is 11.1. The highest BCUT2D eigenvalue weighted by Gasteiger charge is 2.21. The lowest BCUT2D eigenvalue weighted by molar-refractivity contribution is -0.386. The van der Waals surface area contributed by atoms with Gasteiger partial charge in [0.1, 0.15) is 5.75 Å². The van der Waals surface area contributed by atoms with Gasteiger partial charge in [0, 0.05) is 5.33 Å². The first-order valence-corrected chi connectivity index (χ1v) is 5.59. The second-order valence-electron chi connectivity index (χ2n) is 2.47. The number of hydrogen-bond acceptors (Lipinski definition) is 3. The molecule has 0 aromatic heterocycles. The molecule has 0 amide bonds. The number of methoxy groups -OCH3 is 1. The van der Waals surface area contributed by atoms with Crippen LogP contribution < -0.4 is 4.74 Å². The quantitative estimate of drug-likeness (QED) is 0.487. The molecule has 4 nitrogen and oxygen atoms in total. The van der Waals surface area contributed by atoms with Crippen LogP contribution in [0.4, 0.5) is 5.69 Å². The van der Waals surface area contributed by atoms with Gasteiger partial charge in [0.25, 0.3) is 5.69 Å². The highest BCUT2D eigenvalue weighted by molar-refractivity contribution is 9.10. The van der Waals surface area contributed by atoms with Crippen molar-refractivity contribution in [1.82, 2.24) is 0 Å². The molecule has 14 heavy (non-hydrogen) atoms. The summed E-state index contributed by atoms with van der Waals surface area (Å²) in [5.41, 5.74) is 0.577. The van der Waals surface area contributed by atoms with E-state index in [1.807, 2.05) is 0 Å². The number of nitrogens with zero attached hydrogens (tertiary/aromatic N) is 1. The third kappa shape index (κ3) is 2.06. The van der Waals surface area contributed by atoms with E-state index in [0.717, 1.165) is 0 Å². The molecule has 6 heteroatoms. The minimum atomic E-state index is -0.427. The first kappa shape index (κ1) is 11.5. The smallest absolute Gasteiger partial charge is 0.291 e. The van der Waals surface area contributed by atoms with Crippen molar-refractivity contribution in [3.05, 3.63) is 32.3 Å². The van der Waals surface area contributed by atoms with E-state index in [1.165, 1.54) is 7.11 Å². The second-order valence-corrected chi connectivity index (χ2v) is 3.88. The zero-order valence-electron chi connectivity index (χ0n) is 7.29. The first-order valence-electron chi connectivity index (χ1n) is 3.67. The third-order valence-corrected chi connectivity index (χ3v) is 2.93. The van der Waals surface area contributed by atoms with Gasteiger partial charge in [-0.3, -0.25) is 10.1 Å². The summed E-state index contributed by atoms with van der Waals surface area (Å²) in [7, 11) is 1.49. The van der Waals surface area contributed by atoms with Gasteiger partial charge in [0.2, 0.25) is 0 Å². The Labute approximate surface area is 97.7 Å². The van der Waals surface area contributed by atoms with Crippen LogP contribution in [0.1, 0.15) is 5.56 Å². The van der Waals surface area contributed by atoms with Crippen molar-refractivity contribution in [3.8, 4) is 5.75 Å². The van der Waals surface area contributed by atoms with Gasteiger partial charge in [-0.2, -0.15) is 0 Å². The van der Waals surface area contributed by atoms with E-state index in [4.69, 9.17) is 4.74 Å². The molecule has 0 atom stereocenters. The molecular weight excluding hydrogens is 318 g/mol. The van der Waals surface area contributed by atoms with Crippen molar-refractivity contribution in [3.63, 3.8) is 0 Å². The molecule has 1 aromatic carbocycles. The molecule has 0 N–H and O–H groups in total. The van der Waals surface area contributed by atoms with Crippen LogP contribution in [0.3, 0.4) is 0 Å². The zero-order chi connectivity index (χ0) is 10.7. The van der Waals surface area contributed by atoms with Crippen LogP contribution in [-0.2, 0) is 5.33 Å². The average molecular weight is 325 g/mol. The van der Waals surface area contributed by atoms with Crippen molar-refractivity contribution >= 4 is 37.5 Å². The molecule has 76 valence electrons. The molecule has 0 spiro atoms. The highest BCUT2D eigenvalue weighted by Crippen LogP contribution is 2.36. The lowest BCUT2D eigenvalue weighted by atomic mass is 10.2. The molecule has 0 aliphatic heterocycles. The average Bonchev–Trinajstić information content (AvgIpc) is 2.16. The topological polar surface area (TPSA) is 52.4 Å². The van der Waals surface area contributed by atoms with E-state index in [0.29, 0.717) is 21.1 Å². The minimum Gasteiger partial charge on any atom is -0.496 e. The number of halogens is 2.